The molecule has 2 fully saturated rings. The molecular formula is C42H52Cl2N14O12S2. The lowest BCUT2D eigenvalue weighted by Crippen LogP contribution is -2.31. The summed E-state index contributed by atoms with van der Waals surface area (Å²) < 4.78 is 90.0. The van der Waals surface area contributed by atoms with E-state index in [1.807, 2.05) is 0 Å². The molecule has 6 aromatic rings. The van der Waals surface area contributed by atoms with E-state index in [0.29, 0.717) is 47.4 Å². The van der Waals surface area contributed by atoms with Crippen molar-refractivity contribution < 1.29 is 55.5 Å². The molecule has 0 spiro atoms. The minimum Gasteiger partial charge on any atom is -0.479 e. The zero-order valence-corrected chi connectivity index (χ0v) is 43.3. The maximum absolute atomic E-state index is 13.6. The van der Waals surface area contributed by atoms with E-state index in [1.54, 1.807) is 9.13 Å². The van der Waals surface area contributed by atoms with Crippen molar-refractivity contribution >= 4 is 42.9 Å². The summed E-state index contributed by atoms with van der Waals surface area (Å²) in [6.45, 7) is 3.02. The Balaban J connectivity index is 0.000000211. The Morgan fingerprint density at radius 2 is 0.847 bits per heavy atom. The lowest BCUT2D eigenvalue weighted by Gasteiger charge is -2.31. The molecule has 26 nitrogen and oxygen atoms in total. The number of sulfone groups is 2. The first-order valence-corrected chi connectivity index (χ1v) is 26.1. The molecule has 0 bridgehead atoms. The second kappa shape index (κ2) is 22.9. The third-order valence-electron chi connectivity index (χ3n) is 12.1. The Hall–Kier alpha value is -5.88. The molecule has 0 saturated heterocycles. The Morgan fingerprint density at radius 1 is 0.542 bits per heavy atom. The largest absolute Gasteiger partial charge is 0.479 e. The van der Waals surface area contributed by atoms with Crippen molar-refractivity contribution in [3.05, 3.63) is 82.4 Å². The van der Waals surface area contributed by atoms with Crippen molar-refractivity contribution in [2.75, 3.05) is 42.7 Å². The molecule has 0 aliphatic heterocycles. The molecule has 8 rings (SSSR count). The van der Waals surface area contributed by atoms with Gasteiger partial charge in [0.15, 0.2) is 54.3 Å². The molecule has 30 heteroatoms. The summed E-state index contributed by atoms with van der Waals surface area (Å²) >= 11 is 11.7. The van der Waals surface area contributed by atoms with Crippen LogP contribution in [0.3, 0.4) is 0 Å². The number of hydrogen-bond donors (Lipinski definition) is 2. The van der Waals surface area contributed by atoms with Crippen LogP contribution in [0.4, 0.5) is 0 Å². The summed E-state index contributed by atoms with van der Waals surface area (Å²) in [4.78, 5) is 33.0. The first-order valence-electron chi connectivity index (χ1n) is 21.9. The molecule has 388 valence electrons. The number of aromatic nitrogens is 14. The van der Waals surface area contributed by atoms with E-state index in [0.717, 1.165) is 0 Å². The quantitative estimate of drug-likeness (QED) is 0.111. The van der Waals surface area contributed by atoms with Gasteiger partial charge in [0.05, 0.1) is 61.2 Å². The summed E-state index contributed by atoms with van der Waals surface area (Å²) in [6, 6.07) is 0. The van der Waals surface area contributed by atoms with Crippen molar-refractivity contribution in [1.82, 2.24) is 69.4 Å². The number of ether oxygens (including phenoxy) is 6. The van der Waals surface area contributed by atoms with Gasteiger partial charge in [0.25, 0.3) is 0 Å². The molecule has 0 unspecified atom stereocenters. The van der Waals surface area contributed by atoms with Crippen LogP contribution in [0.1, 0.15) is 98.5 Å². The lowest BCUT2D eigenvalue weighted by molar-refractivity contribution is 0.0706. The molecule has 2 saturated carbocycles. The smallest absolute Gasteiger partial charge is 0.245 e. The summed E-state index contributed by atoms with van der Waals surface area (Å²) in [5.74, 6) is 0.809. The molecule has 0 radical (unpaired) electrons. The monoisotopic (exact) mass is 1080 g/mol. The van der Waals surface area contributed by atoms with Gasteiger partial charge in [-0.3, -0.25) is 9.13 Å². The van der Waals surface area contributed by atoms with Gasteiger partial charge in [0.2, 0.25) is 23.5 Å². The molecule has 6 aromatic heterocycles. The highest BCUT2D eigenvalue weighted by Gasteiger charge is 2.41. The summed E-state index contributed by atoms with van der Waals surface area (Å²) in [5.41, 5.74) is 0.539. The van der Waals surface area contributed by atoms with Gasteiger partial charge in [-0.1, -0.05) is 23.2 Å². The highest BCUT2D eigenvalue weighted by molar-refractivity contribution is 7.91. The van der Waals surface area contributed by atoms with Gasteiger partial charge in [0.1, 0.15) is 48.0 Å². The SMILES string of the molecule is COc1ncnc(OC)c1-n1c(CS(=O)(=O)[C@@H](C)[C@H](OC)c2ncc(Cl)cn2)nnc1C1CC(O)C1.COc1ncnc(OC)c1-n1c(CS(=O)(=O)[C@@H](C)[C@H](OC)c2ncc(Cl)cn2)nnc1C1CC(O)C1. The van der Waals surface area contributed by atoms with Crippen molar-refractivity contribution in [1.29, 1.82) is 0 Å². The van der Waals surface area contributed by atoms with Crippen LogP contribution in [0.15, 0.2) is 37.4 Å². The zero-order chi connectivity index (χ0) is 52.1. The van der Waals surface area contributed by atoms with E-state index < -0.39 is 66.1 Å². The number of halogens is 2. The summed E-state index contributed by atoms with van der Waals surface area (Å²) in [5, 5.41) is 35.2. The third-order valence-corrected chi connectivity index (χ3v) is 16.6. The van der Waals surface area contributed by atoms with Crippen molar-refractivity contribution in [3.8, 4) is 34.9 Å². The fourth-order valence-corrected chi connectivity index (χ4v) is 11.1. The second-order valence-electron chi connectivity index (χ2n) is 16.6. The van der Waals surface area contributed by atoms with Crippen LogP contribution < -0.4 is 18.9 Å². The minimum atomic E-state index is -3.90. The van der Waals surface area contributed by atoms with Crippen LogP contribution in [0.5, 0.6) is 23.5 Å². The van der Waals surface area contributed by atoms with E-state index in [2.05, 4.69) is 60.3 Å². The fraction of sp³-hybridized carbons (Fsp3) is 0.524. The van der Waals surface area contributed by atoms with Crippen LogP contribution in [0, 0.1) is 0 Å². The molecule has 0 amide bonds. The van der Waals surface area contributed by atoms with Gasteiger partial charge >= 0.3 is 0 Å². The predicted octanol–water partition coefficient (Wildman–Crippen LogP) is 2.89. The van der Waals surface area contributed by atoms with Gasteiger partial charge in [-0.2, -0.15) is 19.9 Å². The summed E-state index contributed by atoms with van der Waals surface area (Å²) in [7, 11) is 0.678. The Bertz CT molecular complexity index is 2790. The number of hydrogen-bond acceptors (Lipinski definition) is 24. The predicted molar refractivity (Wildman–Crippen MR) is 254 cm³/mol. The maximum atomic E-state index is 13.6. The highest BCUT2D eigenvalue weighted by Crippen LogP contribution is 2.42. The Morgan fingerprint density at radius 3 is 1.11 bits per heavy atom. The number of methoxy groups -OCH3 is 6. The maximum Gasteiger partial charge on any atom is 0.245 e. The molecular weight excluding hydrogens is 1030 g/mol. The van der Waals surface area contributed by atoms with Gasteiger partial charge in [-0.05, 0) is 39.5 Å². The van der Waals surface area contributed by atoms with Crippen LogP contribution in [0.2, 0.25) is 10.0 Å². The topological polar surface area (TPSA) is 329 Å². The minimum absolute atomic E-state index is 0.108. The second-order valence-corrected chi connectivity index (χ2v) is 22.2. The standard InChI is InChI=1S/2C21H26ClN7O6S/c2*1-11(17(33-2)18-23-7-13(22)8-24-18)36(31,32)9-15-27-28-19(12-5-14(30)6-12)29(15)16-20(34-3)25-10-26-21(16)35-4/h2*7-8,10-12,14,17,30H,5-6,9H2,1-4H3/t2*11-,12?,14?,17-/m00/s1. The Labute approximate surface area is 423 Å². The zero-order valence-electron chi connectivity index (χ0n) is 40.1. The van der Waals surface area contributed by atoms with E-state index in [9.17, 15) is 27.0 Å². The van der Waals surface area contributed by atoms with E-state index in [-0.39, 0.29) is 70.0 Å². The van der Waals surface area contributed by atoms with Crippen LogP contribution >= 0.6 is 23.2 Å². The number of rotatable bonds is 20. The molecule has 4 atom stereocenters. The van der Waals surface area contributed by atoms with Crippen molar-refractivity contribution in [2.24, 2.45) is 0 Å². The molecule has 2 aliphatic carbocycles. The molecule has 72 heavy (non-hydrogen) atoms. The van der Waals surface area contributed by atoms with Gasteiger partial charge < -0.3 is 38.6 Å². The van der Waals surface area contributed by atoms with E-state index in [1.165, 1.54) is 93.9 Å². The Kier molecular flexibility index (Phi) is 17.1. The fourth-order valence-electron chi connectivity index (χ4n) is 8.09. The summed E-state index contributed by atoms with van der Waals surface area (Å²) in [6.07, 6.45) is 7.03. The van der Waals surface area contributed by atoms with Crippen LogP contribution in [-0.4, -0.2) is 162 Å². The van der Waals surface area contributed by atoms with E-state index in [4.69, 9.17) is 51.6 Å². The van der Waals surface area contributed by atoms with Gasteiger partial charge in [-0.25, -0.2) is 36.8 Å². The van der Waals surface area contributed by atoms with Crippen LogP contribution in [0.25, 0.3) is 11.4 Å². The van der Waals surface area contributed by atoms with Crippen molar-refractivity contribution in [2.45, 2.75) is 97.8 Å². The highest BCUT2D eigenvalue weighted by atomic mass is 35.5. The molecule has 0 aromatic carbocycles. The number of aliphatic hydroxyl groups excluding tert-OH is 2. The average molecular weight is 1080 g/mol. The normalized spacial score (nSPS) is 19.4. The van der Waals surface area contributed by atoms with E-state index >= 15 is 0 Å². The average Bonchev–Trinajstić information content (AvgIpc) is 3.95. The van der Waals surface area contributed by atoms with Gasteiger partial charge in [0, 0.05) is 50.8 Å². The first kappa shape index (κ1) is 53.9. The number of aliphatic hydroxyl groups is 2. The first-order chi connectivity index (χ1) is 34.4. The molecule has 2 aliphatic rings. The third kappa shape index (κ3) is 11.3. The van der Waals surface area contributed by atoms with Gasteiger partial charge in [-0.15, -0.1) is 20.4 Å². The lowest BCUT2D eigenvalue weighted by atomic mass is 9.82. The molecule has 6 heterocycles. The number of nitrogens with zero attached hydrogens (tertiary/aromatic N) is 14. The van der Waals surface area contributed by atoms with Crippen LogP contribution in [-0.2, 0) is 40.7 Å². The molecule has 2 N–H and O–H groups in total. The van der Waals surface area contributed by atoms with Crippen molar-refractivity contribution in [3.63, 3.8) is 0 Å².